The number of nitrogen functional groups attached to an aromatic ring is 1. The molecule has 7 heteroatoms. The normalized spacial score (nSPS) is 9.94. The van der Waals surface area contributed by atoms with Gasteiger partial charge in [-0.05, 0) is 19.1 Å². The summed E-state index contributed by atoms with van der Waals surface area (Å²) in [4.78, 5) is 22.9. The number of benzene rings is 1. The van der Waals surface area contributed by atoms with Crippen molar-refractivity contribution in [1.29, 1.82) is 0 Å². The molecular formula is C11H13Cl2N3O2. The number of nitrogens with one attached hydrogen (secondary N) is 2. The summed E-state index contributed by atoms with van der Waals surface area (Å²) in [5, 5.41) is 5.41. The van der Waals surface area contributed by atoms with Crippen LogP contribution in [0.15, 0.2) is 12.1 Å². The van der Waals surface area contributed by atoms with E-state index in [9.17, 15) is 9.59 Å². The van der Waals surface area contributed by atoms with Gasteiger partial charge in [-0.25, -0.2) is 0 Å². The van der Waals surface area contributed by atoms with Crippen molar-refractivity contribution in [3.63, 3.8) is 0 Å². The second-order valence-corrected chi connectivity index (χ2v) is 4.30. The van der Waals surface area contributed by atoms with E-state index in [0.29, 0.717) is 6.54 Å². The molecule has 1 aromatic carbocycles. The fraction of sp³-hybridized carbons (Fsp3) is 0.273. The van der Waals surface area contributed by atoms with Crippen LogP contribution in [0, 0.1) is 0 Å². The van der Waals surface area contributed by atoms with Gasteiger partial charge in [0.2, 0.25) is 5.91 Å². The fourth-order valence-corrected chi connectivity index (χ4v) is 1.72. The molecule has 1 rings (SSSR count). The average molecular weight is 290 g/mol. The molecule has 0 radical (unpaired) electrons. The van der Waals surface area contributed by atoms with Crippen LogP contribution in [-0.4, -0.2) is 24.9 Å². The summed E-state index contributed by atoms with van der Waals surface area (Å²) >= 11 is 11.6. The zero-order chi connectivity index (χ0) is 13.7. The molecule has 0 aliphatic rings. The molecule has 0 spiro atoms. The van der Waals surface area contributed by atoms with Crippen molar-refractivity contribution in [3.05, 3.63) is 27.7 Å². The molecule has 0 bridgehead atoms. The van der Waals surface area contributed by atoms with Gasteiger partial charge >= 0.3 is 0 Å². The maximum absolute atomic E-state index is 11.7. The lowest BCUT2D eigenvalue weighted by Gasteiger charge is -2.07. The third kappa shape index (κ3) is 3.78. The highest BCUT2D eigenvalue weighted by Gasteiger charge is 2.11. The molecule has 1 aromatic rings. The Balaban J connectivity index is 2.70. The quantitative estimate of drug-likeness (QED) is 0.734. The summed E-state index contributed by atoms with van der Waals surface area (Å²) < 4.78 is 0. The predicted octanol–water partition coefficient (Wildman–Crippen LogP) is 1.44. The molecule has 0 aromatic heterocycles. The highest BCUT2D eigenvalue weighted by molar-refractivity contribution is 6.39. The topological polar surface area (TPSA) is 84.2 Å². The number of amides is 2. The van der Waals surface area contributed by atoms with Gasteiger partial charge < -0.3 is 16.4 Å². The first kappa shape index (κ1) is 14.6. The number of hydrogen-bond donors (Lipinski definition) is 3. The Morgan fingerprint density at radius 2 is 1.78 bits per heavy atom. The van der Waals surface area contributed by atoms with E-state index >= 15 is 0 Å². The molecule has 0 unspecified atom stereocenters. The number of rotatable bonds is 4. The first-order valence-electron chi connectivity index (χ1n) is 5.25. The molecule has 2 amide bonds. The van der Waals surface area contributed by atoms with Gasteiger partial charge in [0.25, 0.3) is 5.91 Å². The van der Waals surface area contributed by atoms with Gasteiger partial charge in [-0.1, -0.05) is 23.2 Å². The second kappa shape index (κ2) is 6.47. The largest absolute Gasteiger partial charge is 0.396 e. The van der Waals surface area contributed by atoms with Crippen LogP contribution in [0.25, 0.3) is 0 Å². The van der Waals surface area contributed by atoms with Gasteiger partial charge in [0, 0.05) is 12.1 Å². The minimum atomic E-state index is -0.440. The van der Waals surface area contributed by atoms with E-state index in [0.717, 1.165) is 0 Å². The van der Waals surface area contributed by atoms with Crippen molar-refractivity contribution in [2.24, 2.45) is 0 Å². The molecule has 4 N–H and O–H groups in total. The Morgan fingerprint density at radius 1 is 1.22 bits per heavy atom. The molecule has 98 valence electrons. The van der Waals surface area contributed by atoms with Crippen LogP contribution in [0.1, 0.15) is 17.3 Å². The molecule has 0 saturated heterocycles. The van der Waals surface area contributed by atoms with Gasteiger partial charge in [-0.2, -0.15) is 0 Å². The number of likely N-dealkylation sites (N-methyl/N-ethyl adjacent to an activating group) is 1. The molecule has 18 heavy (non-hydrogen) atoms. The van der Waals surface area contributed by atoms with Crippen molar-refractivity contribution in [2.45, 2.75) is 6.92 Å². The van der Waals surface area contributed by atoms with Gasteiger partial charge in [0.1, 0.15) is 0 Å². The smallest absolute Gasteiger partial charge is 0.251 e. The predicted molar refractivity (Wildman–Crippen MR) is 71.9 cm³/mol. The highest BCUT2D eigenvalue weighted by atomic mass is 35.5. The number of carbonyl (C=O) groups excluding carboxylic acids is 2. The lowest BCUT2D eigenvalue weighted by atomic mass is 10.2. The third-order valence-corrected chi connectivity index (χ3v) is 2.75. The standard InChI is InChI=1S/C11H13Cl2N3O2/c1-2-15-9(17)5-16-11(18)6-3-7(12)10(14)8(13)4-6/h3-4H,2,5,14H2,1H3,(H,15,17)(H,16,18). The zero-order valence-corrected chi connectivity index (χ0v) is 11.2. The number of anilines is 1. The maximum atomic E-state index is 11.7. The van der Waals surface area contributed by atoms with E-state index in [2.05, 4.69) is 10.6 Å². The number of nitrogens with two attached hydrogens (primary N) is 1. The van der Waals surface area contributed by atoms with E-state index in [1.54, 1.807) is 6.92 Å². The SMILES string of the molecule is CCNC(=O)CNC(=O)c1cc(Cl)c(N)c(Cl)c1. The van der Waals surface area contributed by atoms with Crippen LogP contribution in [0.2, 0.25) is 10.0 Å². The Hall–Kier alpha value is -1.46. The number of hydrogen-bond acceptors (Lipinski definition) is 3. The van der Waals surface area contributed by atoms with E-state index < -0.39 is 5.91 Å². The van der Waals surface area contributed by atoms with Crippen molar-refractivity contribution in [3.8, 4) is 0 Å². The summed E-state index contributed by atoms with van der Waals surface area (Å²) in [5.74, 6) is -0.705. The minimum absolute atomic E-state index is 0.105. The molecule has 5 nitrogen and oxygen atoms in total. The minimum Gasteiger partial charge on any atom is -0.396 e. The van der Waals surface area contributed by atoms with E-state index in [1.165, 1.54) is 12.1 Å². The lowest BCUT2D eigenvalue weighted by Crippen LogP contribution is -2.36. The average Bonchev–Trinajstić information content (AvgIpc) is 2.32. The molecule has 0 atom stereocenters. The van der Waals surface area contributed by atoms with E-state index in [4.69, 9.17) is 28.9 Å². The van der Waals surface area contributed by atoms with Crippen molar-refractivity contribution in [1.82, 2.24) is 10.6 Å². The van der Waals surface area contributed by atoms with Gasteiger partial charge in [0.15, 0.2) is 0 Å². The maximum Gasteiger partial charge on any atom is 0.251 e. The van der Waals surface area contributed by atoms with Crippen molar-refractivity contribution in [2.75, 3.05) is 18.8 Å². The molecule has 0 fully saturated rings. The van der Waals surface area contributed by atoms with Gasteiger partial charge in [0.05, 0.1) is 22.3 Å². The van der Waals surface area contributed by atoms with Gasteiger partial charge in [-0.3, -0.25) is 9.59 Å². The van der Waals surface area contributed by atoms with Crippen LogP contribution < -0.4 is 16.4 Å². The van der Waals surface area contributed by atoms with E-state index in [1.807, 2.05) is 0 Å². The molecular weight excluding hydrogens is 277 g/mol. The van der Waals surface area contributed by atoms with Crippen molar-refractivity contribution < 1.29 is 9.59 Å². The molecule has 0 saturated carbocycles. The molecule has 0 aliphatic carbocycles. The number of carbonyl (C=O) groups is 2. The summed E-state index contributed by atoms with van der Waals surface area (Å²) in [6.45, 7) is 2.19. The van der Waals surface area contributed by atoms with Crippen LogP contribution in [0.4, 0.5) is 5.69 Å². The Kier molecular flexibility index (Phi) is 5.25. The lowest BCUT2D eigenvalue weighted by molar-refractivity contribution is -0.120. The summed E-state index contributed by atoms with van der Waals surface area (Å²) in [7, 11) is 0. The Bertz CT molecular complexity index is 454. The Morgan fingerprint density at radius 3 is 2.28 bits per heavy atom. The molecule has 0 heterocycles. The summed E-state index contributed by atoms with van der Waals surface area (Å²) in [5.41, 5.74) is 6.03. The summed E-state index contributed by atoms with van der Waals surface area (Å²) in [6.07, 6.45) is 0. The first-order valence-corrected chi connectivity index (χ1v) is 6.00. The first-order chi connectivity index (χ1) is 8.45. The summed E-state index contributed by atoms with van der Waals surface area (Å²) in [6, 6.07) is 2.80. The Labute approximate surface area is 115 Å². The number of halogens is 2. The van der Waals surface area contributed by atoms with Crippen LogP contribution in [0.3, 0.4) is 0 Å². The van der Waals surface area contributed by atoms with Gasteiger partial charge in [-0.15, -0.1) is 0 Å². The van der Waals surface area contributed by atoms with Crippen LogP contribution in [-0.2, 0) is 4.79 Å². The second-order valence-electron chi connectivity index (χ2n) is 3.49. The van der Waals surface area contributed by atoms with Crippen LogP contribution >= 0.6 is 23.2 Å². The van der Waals surface area contributed by atoms with Crippen molar-refractivity contribution >= 4 is 40.7 Å². The fourth-order valence-electron chi connectivity index (χ4n) is 1.24. The van der Waals surface area contributed by atoms with E-state index in [-0.39, 0.29) is 33.7 Å². The highest BCUT2D eigenvalue weighted by Crippen LogP contribution is 2.28. The molecule has 0 aliphatic heterocycles. The van der Waals surface area contributed by atoms with Crippen LogP contribution in [0.5, 0.6) is 0 Å². The zero-order valence-electron chi connectivity index (χ0n) is 9.72. The monoisotopic (exact) mass is 289 g/mol. The third-order valence-electron chi connectivity index (χ3n) is 2.12.